The zero-order valence-electron chi connectivity index (χ0n) is 33.0. The molecule has 0 heterocycles. The number of carbonyl (C=O) groups excluding carboxylic acids is 2. The standard InChI is InChI=1S/C42H66O6/c1-26(2)37(48-34(44)20-18-28-23-31(40(9,10)11)36(46)32(24-28)41(12,13)14)42(15,16)25-47-33(43)19-17-27-21-29(38(3,4)5)35(45)30(22-27)39(6,7)8/h21-24,26,37,45-46H,17-20,25H2,1-16H3. The quantitative estimate of drug-likeness (QED) is 0.232. The lowest BCUT2D eigenvalue weighted by Gasteiger charge is -2.36. The summed E-state index contributed by atoms with van der Waals surface area (Å²) in [6.45, 7) is 33.0. The van der Waals surface area contributed by atoms with Crippen LogP contribution in [0, 0.1) is 11.3 Å². The molecule has 270 valence electrons. The van der Waals surface area contributed by atoms with Crippen molar-refractivity contribution in [2.75, 3.05) is 6.61 Å². The minimum Gasteiger partial charge on any atom is -0.507 e. The summed E-state index contributed by atoms with van der Waals surface area (Å²) < 4.78 is 11.9. The predicted molar refractivity (Wildman–Crippen MR) is 197 cm³/mol. The van der Waals surface area contributed by atoms with Crippen molar-refractivity contribution >= 4 is 11.9 Å². The summed E-state index contributed by atoms with van der Waals surface area (Å²) in [5.41, 5.74) is 3.87. The fraction of sp³-hybridized carbons (Fsp3) is 0.667. The van der Waals surface area contributed by atoms with Crippen LogP contribution >= 0.6 is 0 Å². The summed E-state index contributed by atoms with van der Waals surface area (Å²) in [7, 11) is 0. The Morgan fingerprint density at radius 3 is 1.19 bits per heavy atom. The van der Waals surface area contributed by atoms with Gasteiger partial charge in [-0.2, -0.15) is 0 Å². The molecular weight excluding hydrogens is 600 g/mol. The van der Waals surface area contributed by atoms with E-state index in [1.54, 1.807) is 0 Å². The maximum atomic E-state index is 13.2. The number of carbonyl (C=O) groups is 2. The molecule has 2 N–H and O–H groups in total. The molecule has 0 amide bonds. The third-order valence-corrected chi connectivity index (χ3v) is 9.05. The minimum absolute atomic E-state index is 0.0138. The molecule has 0 fully saturated rings. The van der Waals surface area contributed by atoms with Crippen LogP contribution in [-0.4, -0.2) is 34.9 Å². The van der Waals surface area contributed by atoms with Crippen molar-refractivity contribution in [1.82, 2.24) is 0 Å². The van der Waals surface area contributed by atoms with Gasteiger partial charge in [0, 0.05) is 18.3 Å². The van der Waals surface area contributed by atoms with Crippen LogP contribution < -0.4 is 0 Å². The van der Waals surface area contributed by atoms with Crippen LogP contribution in [-0.2, 0) is 53.6 Å². The van der Waals surface area contributed by atoms with Gasteiger partial charge in [-0.15, -0.1) is 0 Å². The second-order valence-electron chi connectivity index (χ2n) is 18.9. The van der Waals surface area contributed by atoms with Crippen LogP contribution in [0.5, 0.6) is 11.5 Å². The van der Waals surface area contributed by atoms with Gasteiger partial charge < -0.3 is 19.7 Å². The lowest BCUT2D eigenvalue weighted by atomic mass is 9.78. The zero-order chi connectivity index (χ0) is 37.2. The number of benzene rings is 2. The third-order valence-electron chi connectivity index (χ3n) is 9.05. The Morgan fingerprint density at radius 2 is 0.896 bits per heavy atom. The van der Waals surface area contributed by atoms with Crippen molar-refractivity contribution in [2.45, 2.75) is 164 Å². The first kappa shape index (κ1) is 41.2. The van der Waals surface area contributed by atoms with Gasteiger partial charge in [-0.25, -0.2) is 0 Å². The van der Waals surface area contributed by atoms with Gasteiger partial charge in [-0.3, -0.25) is 9.59 Å². The Balaban J connectivity index is 2.11. The molecule has 0 radical (unpaired) electrons. The van der Waals surface area contributed by atoms with Crippen molar-refractivity contribution in [1.29, 1.82) is 0 Å². The first-order valence-electron chi connectivity index (χ1n) is 17.6. The normalized spacial score (nSPS) is 13.9. The van der Waals surface area contributed by atoms with Crippen molar-refractivity contribution in [3.05, 3.63) is 57.6 Å². The van der Waals surface area contributed by atoms with Gasteiger partial charge in [-0.1, -0.05) is 135 Å². The Labute approximate surface area is 292 Å². The molecule has 2 aromatic carbocycles. The summed E-state index contributed by atoms with van der Waals surface area (Å²) in [4.78, 5) is 26.2. The van der Waals surface area contributed by atoms with Crippen LogP contribution in [0.2, 0.25) is 0 Å². The van der Waals surface area contributed by atoms with E-state index in [-0.39, 0.29) is 59.0 Å². The molecule has 1 atom stereocenters. The monoisotopic (exact) mass is 666 g/mol. The van der Waals surface area contributed by atoms with E-state index < -0.39 is 11.5 Å². The van der Waals surface area contributed by atoms with Gasteiger partial charge in [0.1, 0.15) is 17.6 Å². The van der Waals surface area contributed by atoms with Crippen molar-refractivity contribution in [2.24, 2.45) is 11.3 Å². The van der Waals surface area contributed by atoms with Crippen molar-refractivity contribution < 1.29 is 29.3 Å². The molecule has 6 heteroatoms. The average molecular weight is 667 g/mol. The molecule has 0 aliphatic carbocycles. The molecule has 2 aromatic rings. The zero-order valence-corrected chi connectivity index (χ0v) is 33.0. The molecular formula is C42H66O6. The highest BCUT2D eigenvalue weighted by Gasteiger charge is 2.37. The third kappa shape index (κ3) is 11.0. The van der Waals surface area contributed by atoms with Gasteiger partial charge >= 0.3 is 11.9 Å². The molecule has 48 heavy (non-hydrogen) atoms. The molecule has 0 aliphatic heterocycles. The Bertz CT molecular complexity index is 1360. The minimum atomic E-state index is -0.603. The Morgan fingerprint density at radius 1 is 0.583 bits per heavy atom. The summed E-state index contributed by atoms with van der Waals surface area (Å²) in [6.07, 6.45) is 0.959. The molecule has 0 saturated heterocycles. The number of phenols is 2. The van der Waals surface area contributed by atoms with E-state index in [0.717, 1.165) is 33.4 Å². The number of rotatable bonds is 11. The second-order valence-corrected chi connectivity index (χ2v) is 18.9. The lowest BCUT2D eigenvalue weighted by molar-refractivity contribution is -0.165. The summed E-state index contributed by atoms with van der Waals surface area (Å²) in [6, 6.07) is 8.02. The molecule has 2 rings (SSSR count). The highest BCUT2D eigenvalue weighted by Crippen LogP contribution is 2.41. The van der Waals surface area contributed by atoms with Crippen LogP contribution in [0.15, 0.2) is 24.3 Å². The number of esters is 2. The number of aryl methyl sites for hydroxylation is 2. The lowest BCUT2D eigenvalue weighted by Crippen LogP contribution is -2.41. The number of aromatic hydroxyl groups is 2. The maximum absolute atomic E-state index is 13.2. The Kier molecular flexibility index (Phi) is 12.7. The summed E-state index contributed by atoms with van der Waals surface area (Å²) >= 11 is 0. The van der Waals surface area contributed by atoms with E-state index >= 15 is 0 Å². The summed E-state index contributed by atoms with van der Waals surface area (Å²) in [5.74, 6) is 0.0539. The van der Waals surface area contributed by atoms with Crippen molar-refractivity contribution in [3.8, 4) is 11.5 Å². The molecule has 0 aromatic heterocycles. The van der Waals surface area contributed by atoms with Crippen molar-refractivity contribution in [3.63, 3.8) is 0 Å². The highest BCUT2D eigenvalue weighted by molar-refractivity contribution is 5.71. The molecule has 0 aliphatic rings. The fourth-order valence-corrected chi connectivity index (χ4v) is 6.28. The smallest absolute Gasteiger partial charge is 0.306 e. The van der Waals surface area contributed by atoms with E-state index in [0.29, 0.717) is 24.3 Å². The van der Waals surface area contributed by atoms with E-state index in [2.05, 4.69) is 83.1 Å². The molecule has 0 bridgehead atoms. The molecule has 0 saturated carbocycles. The van der Waals surface area contributed by atoms with Gasteiger partial charge in [0.25, 0.3) is 0 Å². The number of ether oxygens (including phenoxy) is 2. The average Bonchev–Trinajstić information content (AvgIpc) is 2.90. The van der Waals surface area contributed by atoms with Crippen LogP contribution in [0.1, 0.15) is 157 Å². The van der Waals surface area contributed by atoms with Gasteiger partial charge in [-0.05, 0) is 73.8 Å². The maximum Gasteiger partial charge on any atom is 0.306 e. The summed E-state index contributed by atoms with van der Waals surface area (Å²) in [5, 5.41) is 22.1. The van der Waals surface area contributed by atoms with E-state index in [4.69, 9.17) is 9.47 Å². The van der Waals surface area contributed by atoms with E-state index in [1.807, 2.05) is 52.0 Å². The largest absolute Gasteiger partial charge is 0.507 e. The SMILES string of the molecule is CC(C)C(OC(=O)CCc1cc(C(C)(C)C)c(O)c(C(C)(C)C)c1)C(C)(C)COC(=O)CCc1cc(C(C)(C)C)c(O)c(C(C)(C)C)c1. The number of hydrogen-bond donors (Lipinski definition) is 2. The van der Waals surface area contributed by atoms with E-state index in [1.165, 1.54) is 0 Å². The van der Waals surface area contributed by atoms with Crippen LogP contribution in [0.3, 0.4) is 0 Å². The number of phenolic OH excluding ortho intramolecular Hbond substituents is 2. The van der Waals surface area contributed by atoms with Crippen LogP contribution in [0.25, 0.3) is 0 Å². The van der Waals surface area contributed by atoms with Gasteiger partial charge in [0.05, 0.1) is 6.61 Å². The first-order chi connectivity index (χ1) is 21.6. The predicted octanol–water partition coefficient (Wildman–Crippen LogP) is 9.99. The second kappa shape index (κ2) is 14.8. The Hall–Kier alpha value is -3.02. The fourth-order valence-electron chi connectivity index (χ4n) is 6.28. The molecule has 1 unspecified atom stereocenters. The molecule has 6 nitrogen and oxygen atoms in total. The number of hydrogen-bond acceptors (Lipinski definition) is 6. The molecule has 0 spiro atoms. The van der Waals surface area contributed by atoms with E-state index in [9.17, 15) is 19.8 Å². The van der Waals surface area contributed by atoms with Crippen LogP contribution in [0.4, 0.5) is 0 Å². The topological polar surface area (TPSA) is 93.1 Å². The van der Waals surface area contributed by atoms with Gasteiger partial charge in [0.15, 0.2) is 0 Å². The highest BCUT2D eigenvalue weighted by atomic mass is 16.6. The first-order valence-corrected chi connectivity index (χ1v) is 17.6. The van der Waals surface area contributed by atoms with Gasteiger partial charge in [0.2, 0.25) is 0 Å².